The Hall–Kier alpha value is -2.62. The highest BCUT2D eigenvalue weighted by Gasteiger charge is 2.37. The van der Waals surface area contributed by atoms with Crippen molar-refractivity contribution in [2.75, 3.05) is 6.54 Å². The van der Waals surface area contributed by atoms with Crippen molar-refractivity contribution in [2.45, 2.75) is 51.7 Å². The Labute approximate surface area is 161 Å². The lowest BCUT2D eigenvalue weighted by molar-refractivity contribution is -0.145. The number of esters is 1. The Morgan fingerprint density at radius 1 is 1.07 bits per heavy atom. The minimum Gasteiger partial charge on any atom is -0.461 e. The number of nitrogens with zero attached hydrogens (tertiary/aromatic N) is 1. The van der Waals surface area contributed by atoms with E-state index in [4.69, 9.17) is 4.74 Å². The van der Waals surface area contributed by atoms with Gasteiger partial charge in [-0.1, -0.05) is 68.3 Å². The van der Waals surface area contributed by atoms with Crippen LogP contribution in [0, 0.1) is 0 Å². The van der Waals surface area contributed by atoms with Crippen LogP contribution in [0.5, 0.6) is 0 Å². The summed E-state index contributed by atoms with van der Waals surface area (Å²) in [5.74, 6) is -0.265. The molecule has 3 rings (SSSR count). The molecular weight excluding hydrogens is 338 g/mol. The summed E-state index contributed by atoms with van der Waals surface area (Å²) in [6.45, 7) is 4.04. The maximum absolute atomic E-state index is 13.4. The van der Waals surface area contributed by atoms with Crippen molar-refractivity contribution < 1.29 is 14.3 Å². The SMILES string of the molecule is CCCCC1CC(OC(C)=O)CN1C(=O)c1ccccc1-c1ccccc1. The Bertz CT molecular complexity index is 787. The van der Waals surface area contributed by atoms with Crippen LogP contribution in [0.15, 0.2) is 54.6 Å². The smallest absolute Gasteiger partial charge is 0.302 e. The molecule has 0 radical (unpaired) electrons. The molecule has 2 aromatic rings. The van der Waals surface area contributed by atoms with Crippen LogP contribution < -0.4 is 0 Å². The lowest BCUT2D eigenvalue weighted by Crippen LogP contribution is -2.36. The van der Waals surface area contributed by atoms with Crippen molar-refractivity contribution in [1.82, 2.24) is 4.90 Å². The molecule has 4 heteroatoms. The number of amides is 1. The maximum Gasteiger partial charge on any atom is 0.302 e. The second-order valence-corrected chi connectivity index (χ2v) is 7.13. The van der Waals surface area contributed by atoms with E-state index in [1.807, 2.05) is 59.5 Å². The summed E-state index contributed by atoms with van der Waals surface area (Å²) in [6, 6.07) is 17.8. The van der Waals surface area contributed by atoms with E-state index in [0.29, 0.717) is 12.1 Å². The van der Waals surface area contributed by atoms with E-state index in [2.05, 4.69) is 6.92 Å². The van der Waals surface area contributed by atoms with E-state index < -0.39 is 0 Å². The van der Waals surface area contributed by atoms with Gasteiger partial charge in [-0.3, -0.25) is 9.59 Å². The predicted octanol–water partition coefficient (Wildman–Crippen LogP) is 4.69. The molecule has 1 aliphatic rings. The van der Waals surface area contributed by atoms with E-state index in [0.717, 1.165) is 36.8 Å². The Morgan fingerprint density at radius 3 is 2.48 bits per heavy atom. The standard InChI is InChI=1S/C23H27NO3/c1-3-4-12-19-15-20(27-17(2)25)16-24(19)23(26)22-14-9-8-13-21(22)18-10-6-5-7-11-18/h5-11,13-14,19-20H,3-4,12,15-16H2,1-2H3. The number of rotatable bonds is 6. The fourth-order valence-corrected chi connectivity index (χ4v) is 3.85. The molecule has 1 heterocycles. The van der Waals surface area contributed by atoms with Gasteiger partial charge >= 0.3 is 5.97 Å². The number of carbonyl (C=O) groups is 2. The molecule has 0 aromatic heterocycles. The molecule has 1 amide bonds. The fraction of sp³-hybridized carbons (Fsp3) is 0.391. The highest BCUT2D eigenvalue weighted by Crippen LogP contribution is 2.30. The van der Waals surface area contributed by atoms with Gasteiger partial charge in [0.2, 0.25) is 0 Å². The predicted molar refractivity (Wildman–Crippen MR) is 106 cm³/mol. The van der Waals surface area contributed by atoms with Crippen molar-refractivity contribution in [3.05, 3.63) is 60.2 Å². The third-order valence-electron chi connectivity index (χ3n) is 5.10. The normalized spacial score (nSPS) is 19.1. The second-order valence-electron chi connectivity index (χ2n) is 7.13. The summed E-state index contributed by atoms with van der Waals surface area (Å²) in [7, 11) is 0. The molecule has 142 valence electrons. The van der Waals surface area contributed by atoms with Crippen LogP contribution in [0.4, 0.5) is 0 Å². The topological polar surface area (TPSA) is 46.6 Å². The zero-order chi connectivity index (χ0) is 19.2. The molecule has 0 saturated carbocycles. The highest BCUT2D eigenvalue weighted by molar-refractivity contribution is 6.01. The molecule has 0 N–H and O–H groups in total. The van der Waals surface area contributed by atoms with Gasteiger partial charge < -0.3 is 9.64 Å². The van der Waals surface area contributed by atoms with E-state index in [-0.39, 0.29) is 24.0 Å². The van der Waals surface area contributed by atoms with Crippen LogP contribution >= 0.6 is 0 Å². The Kier molecular flexibility index (Phi) is 6.28. The van der Waals surface area contributed by atoms with Gasteiger partial charge in [0, 0.05) is 24.9 Å². The molecule has 27 heavy (non-hydrogen) atoms. The van der Waals surface area contributed by atoms with Gasteiger partial charge in [-0.25, -0.2) is 0 Å². The van der Waals surface area contributed by atoms with Crippen molar-refractivity contribution in [3.8, 4) is 11.1 Å². The summed E-state index contributed by atoms with van der Waals surface area (Å²) in [5.41, 5.74) is 2.67. The van der Waals surface area contributed by atoms with Crippen molar-refractivity contribution in [3.63, 3.8) is 0 Å². The molecule has 2 aromatic carbocycles. The zero-order valence-corrected chi connectivity index (χ0v) is 16.1. The van der Waals surface area contributed by atoms with E-state index in [9.17, 15) is 9.59 Å². The number of likely N-dealkylation sites (tertiary alicyclic amines) is 1. The average molecular weight is 365 g/mol. The van der Waals surface area contributed by atoms with Crippen LogP contribution in [-0.2, 0) is 9.53 Å². The molecule has 1 saturated heterocycles. The summed E-state index contributed by atoms with van der Waals surface area (Å²) in [5, 5.41) is 0. The van der Waals surface area contributed by atoms with Crippen molar-refractivity contribution in [2.24, 2.45) is 0 Å². The van der Waals surface area contributed by atoms with Crippen molar-refractivity contribution in [1.29, 1.82) is 0 Å². The van der Waals surface area contributed by atoms with Gasteiger partial charge in [-0.2, -0.15) is 0 Å². The first-order chi connectivity index (χ1) is 13.1. The second kappa shape index (κ2) is 8.85. The first-order valence-electron chi connectivity index (χ1n) is 9.72. The van der Waals surface area contributed by atoms with E-state index >= 15 is 0 Å². The van der Waals surface area contributed by atoms with E-state index in [1.54, 1.807) is 0 Å². The third kappa shape index (κ3) is 4.57. The molecule has 1 fully saturated rings. The van der Waals surface area contributed by atoms with Crippen LogP contribution in [-0.4, -0.2) is 35.5 Å². The fourth-order valence-electron chi connectivity index (χ4n) is 3.85. The minimum absolute atomic E-state index is 0.0187. The van der Waals surface area contributed by atoms with Crippen LogP contribution in [0.25, 0.3) is 11.1 Å². The van der Waals surface area contributed by atoms with Gasteiger partial charge in [-0.15, -0.1) is 0 Å². The summed E-state index contributed by atoms with van der Waals surface area (Å²) in [4.78, 5) is 26.7. The molecule has 4 nitrogen and oxygen atoms in total. The van der Waals surface area contributed by atoms with Gasteiger partial charge in [0.15, 0.2) is 0 Å². The maximum atomic E-state index is 13.4. The largest absolute Gasteiger partial charge is 0.461 e. The van der Waals surface area contributed by atoms with Gasteiger partial charge in [0.1, 0.15) is 6.10 Å². The molecule has 0 aliphatic carbocycles. The van der Waals surface area contributed by atoms with Crippen LogP contribution in [0.2, 0.25) is 0 Å². The monoisotopic (exact) mass is 365 g/mol. The highest BCUT2D eigenvalue weighted by atomic mass is 16.5. The first kappa shape index (κ1) is 19.2. The van der Waals surface area contributed by atoms with Crippen molar-refractivity contribution >= 4 is 11.9 Å². The molecule has 0 bridgehead atoms. The molecule has 0 spiro atoms. The lowest BCUT2D eigenvalue weighted by atomic mass is 9.98. The number of unbranched alkanes of at least 4 members (excludes halogenated alkanes) is 1. The number of ether oxygens (including phenoxy) is 1. The summed E-state index contributed by atoms with van der Waals surface area (Å²) in [6.07, 6.45) is 3.59. The van der Waals surface area contributed by atoms with Crippen LogP contribution in [0.1, 0.15) is 49.9 Å². The van der Waals surface area contributed by atoms with Gasteiger partial charge in [-0.05, 0) is 23.6 Å². The Morgan fingerprint density at radius 2 is 1.78 bits per heavy atom. The first-order valence-corrected chi connectivity index (χ1v) is 9.72. The number of hydrogen-bond acceptors (Lipinski definition) is 3. The van der Waals surface area contributed by atoms with E-state index in [1.165, 1.54) is 6.92 Å². The van der Waals surface area contributed by atoms with Gasteiger partial charge in [0.05, 0.1) is 6.54 Å². The minimum atomic E-state index is -0.284. The molecular formula is C23H27NO3. The average Bonchev–Trinajstić information content (AvgIpc) is 3.08. The number of benzene rings is 2. The molecule has 2 unspecified atom stereocenters. The quantitative estimate of drug-likeness (QED) is 0.698. The lowest BCUT2D eigenvalue weighted by Gasteiger charge is -2.25. The summed E-state index contributed by atoms with van der Waals surface area (Å²) >= 11 is 0. The molecule has 2 atom stereocenters. The van der Waals surface area contributed by atoms with Crippen LogP contribution in [0.3, 0.4) is 0 Å². The van der Waals surface area contributed by atoms with Gasteiger partial charge in [0.25, 0.3) is 5.91 Å². The third-order valence-corrected chi connectivity index (χ3v) is 5.10. The number of carbonyl (C=O) groups excluding carboxylic acids is 2. The number of hydrogen-bond donors (Lipinski definition) is 0. The Balaban J connectivity index is 1.88. The molecule has 1 aliphatic heterocycles. The zero-order valence-electron chi connectivity index (χ0n) is 16.1. The summed E-state index contributed by atoms with van der Waals surface area (Å²) < 4.78 is 5.42.